The molecule has 1 amide bonds. The molecule has 0 aliphatic carbocycles. The van der Waals surface area contributed by atoms with E-state index < -0.39 is 17.7 Å². The van der Waals surface area contributed by atoms with Crippen LogP contribution in [0.15, 0.2) is 70.9 Å². The van der Waals surface area contributed by atoms with E-state index in [2.05, 4.69) is 0 Å². The maximum Gasteiger partial charge on any atom is 0.296 e. The molecule has 0 saturated carbocycles. The number of carbonyl (C=O) groups is 2. The fourth-order valence-corrected chi connectivity index (χ4v) is 4.12. The van der Waals surface area contributed by atoms with Gasteiger partial charge >= 0.3 is 0 Å². The van der Waals surface area contributed by atoms with Crippen LogP contribution in [-0.2, 0) is 16.1 Å². The summed E-state index contributed by atoms with van der Waals surface area (Å²) in [7, 11) is 0. The molecule has 0 spiro atoms. The molecular weight excluding hydrogens is 458 g/mol. The van der Waals surface area contributed by atoms with E-state index in [1.54, 1.807) is 54.6 Å². The number of ketones is 1. The van der Waals surface area contributed by atoms with Crippen molar-refractivity contribution in [3.8, 4) is 11.5 Å². The number of carbonyl (C=O) groups excluding carboxylic acids is 2. The summed E-state index contributed by atoms with van der Waals surface area (Å²) in [6.07, 6.45) is 1.50. The average molecular weight is 482 g/mol. The summed E-state index contributed by atoms with van der Waals surface area (Å²) in [5.74, 6) is -0.268. The van der Waals surface area contributed by atoms with Crippen LogP contribution in [0.25, 0.3) is 5.76 Å². The third-order valence-corrected chi connectivity index (χ3v) is 5.77. The van der Waals surface area contributed by atoms with Crippen LogP contribution in [0.2, 0.25) is 5.02 Å². The van der Waals surface area contributed by atoms with Crippen molar-refractivity contribution in [3.05, 3.63) is 88.3 Å². The van der Waals surface area contributed by atoms with Crippen LogP contribution in [-0.4, -0.2) is 34.9 Å². The highest BCUT2D eigenvalue weighted by Crippen LogP contribution is 2.41. The minimum atomic E-state index is -0.827. The average Bonchev–Trinajstić information content (AvgIpc) is 3.43. The van der Waals surface area contributed by atoms with Gasteiger partial charge in [-0.25, -0.2) is 0 Å². The second-order valence-corrected chi connectivity index (χ2v) is 7.99. The van der Waals surface area contributed by atoms with E-state index in [-0.39, 0.29) is 17.9 Å². The van der Waals surface area contributed by atoms with E-state index in [9.17, 15) is 14.7 Å². The van der Waals surface area contributed by atoms with Gasteiger partial charge in [-0.3, -0.25) is 9.59 Å². The molecule has 1 N–H and O–H groups in total. The van der Waals surface area contributed by atoms with Crippen molar-refractivity contribution in [2.24, 2.45) is 0 Å². The molecule has 2 aromatic carbocycles. The molecule has 1 aromatic heterocycles. The Hall–Kier alpha value is -3.71. The largest absolute Gasteiger partial charge is 0.507 e. The first-order valence-corrected chi connectivity index (χ1v) is 11.3. The maximum atomic E-state index is 13.2. The summed E-state index contributed by atoms with van der Waals surface area (Å²) in [5, 5.41) is 11.6. The van der Waals surface area contributed by atoms with E-state index in [1.807, 2.05) is 13.8 Å². The molecule has 1 aliphatic heterocycles. The van der Waals surface area contributed by atoms with Crippen LogP contribution in [0.3, 0.4) is 0 Å². The molecule has 4 rings (SSSR count). The van der Waals surface area contributed by atoms with Crippen molar-refractivity contribution in [3.63, 3.8) is 0 Å². The summed E-state index contributed by atoms with van der Waals surface area (Å²) in [4.78, 5) is 27.6. The fraction of sp³-hybridized carbons (Fsp3) is 0.231. The molecule has 8 heteroatoms. The Bertz CT molecular complexity index is 1220. The van der Waals surface area contributed by atoms with Gasteiger partial charge in [-0.15, -0.1) is 0 Å². The first kappa shape index (κ1) is 23.4. The van der Waals surface area contributed by atoms with E-state index in [1.165, 1.54) is 11.2 Å². The van der Waals surface area contributed by atoms with Gasteiger partial charge in [0.1, 0.15) is 23.0 Å². The Kier molecular flexibility index (Phi) is 6.93. The first-order chi connectivity index (χ1) is 16.4. The highest BCUT2D eigenvalue weighted by Gasteiger charge is 2.46. The molecule has 1 saturated heterocycles. The lowest BCUT2D eigenvalue weighted by Crippen LogP contribution is -2.29. The van der Waals surface area contributed by atoms with Crippen LogP contribution < -0.4 is 9.47 Å². The minimum Gasteiger partial charge on any atom is -0.507 e. The van der Waals surface area contributed by atoms with Crippen LogP contribution in [0.1, 0.15) is 36.8 Å². The van der Waals surface area contributed by atoms with Crippen LogP contribution in [0.5, 0.6) is 11.5 Å². The quantitative estimate of drug-likeness (QED) is 0.265. The number of aliphatic hydroxyl groups is 1. The zero-order valence-corrected chi connectivity index (χ0v) is 19.5. The Labute approximate surface area is 202 Å². The summed E-state index contributed by atoms with van der Waals surface area (Å²) in [5.41, 5.74) is 0.944. The smallest absolute Gasteiger partial charge is 0.296 e. The summed E-state index contributed by atoms with van der Waals surface area (Å²) >= 11 is 6.18. The number of hydrogen-bond acceptors (Lipinski definition) is 6. The Balaban J connectivity index is 1.83. The molecule has 34 heavy (non-hydrogen) atoms. The highest BCUT2D eigenvalue weighted by atomic mass is 35.5. The molecule has 176 valence electrons. The van der Waals surface area contributed by atoms with E-state index in [4.69, 9.17) is 25.5 Å². The molecule has 1 fully saturated rings. The van der Waals surface area contributed by atoms with Crippen molar-refractivity contribution in [2.75, 3.05) is 13.2 Å². The number of hydrogen-bond donors (Lipinski definition) is 1. The molecule has 1 atom stereocenters. The Morgan fingerprint density at radius 3 is 2.44 bits per heavy atom. The van der Waals surface area contributed by atoms with Gasteiger partial charge in [-0.1, -0.05) is 23.7 Å². The van der Waals surface area contributed by atoms with Crippen molar-refractivity contribution in [1.29, 1.82) is 0 Å². The van der Waals surface area contributed by atoms with Crippen molar-refractivity contribution in [1.82, 2.24) is 4.90 Å². The van der Waals surface area contributed by atoms with Gasteiger partial charge in [0.25, 0.3) is 11.7 Å². The van der Waals surface area contributed by atoms with Gasteiger partial charge in [-0.05, 0) is 61.9 Å². The van der Waals surface area contributed by atoms with E-state index in [0.29, 0.717) is 46.6 Å². The lowest BCUT2D eigenvalue weighted by molar-refractivity contribution is -0.140. The van der Waals surface area contributed by atoms with Gasteiger partial charge in [-0.2, -0.15) is 0 Å². The first-order valence-electron chi connectivity index (χ1n) is 10.9. The molecule has 1 aliphatic rings. The number of aliphatic hydroxyl groups excluding tert-OH is 1. The third-order valence-electron chi connectivity index (χ3n) is 5.46. The second-order valence-electron chi connectivity index (χ2n) is 7.59. The standard InChI is InChI=1S/C26H24ClNO6/c1-3-32-18-10-7-16(8-11-18)23-22(24(29)17-9-12-20(27)21(14-17)33-4-2)25(30)26(31)28(23)15-19-6-5-13-34-19/h5-14,23,29H,3-4,15H2,1-2H3/b24-22-. The molecular formula is C26H24ClNO6. The number of amides is 1. The van der Waals surface area contributed by atoms with Gasteiger partial charge < -0.3 is 23.9 Å². The molecule has 3 aromatic rings. The van der Waals surface area contributed by atoms with Crippen LogP contribution in [0.4, 0.5) is 0 Å². The minimum absolute atomic E-state index is 0.0227. The number of benzene rings is 2. The number of halogens is 1. The summed E-state index contributed by atoms with van der Waals surface area (Å²) < 4.78 is 16.5. The van der Waals surface area contributed by atoms with Gasteiger partial charge in [0.2, 0.25) is 0 Å². The predicted molar refractivity (Wildman–Crippen MR) is 127 cm³/mol. The summed E-state index contributed by atoms with van der Waals surface area (Å²) in [6.45, 7) is 4.65. The molecule has 0 bridgehead atoms. The Morgan fingerprint density at radius 2 is 1.79 bits per heavy atom. The number of Topliss-reactive ketones (excluding diaryl/α,β-unsaturated/α-hetero) is 1. The number of furan rings is 1. The normalized spacial score (nSPS) is 17.3. The number of likely N-dealkylation sites (tertiary alicyclic amines) is 1. The maximum absolute atomic E-state index is 13.2. The van der Waals surface area contributed by atoms with Crippen molar-refractivity contribution in [2.45, 2.75) is 26.4 Å². The second kappa shape index (κ2) is 10.1. The fourth-order valence-electron chi connectivity index (χ4n) is 3.95. The number of nitrogens with zero attached hydrogens (tertiary/aromatic N) is 1. The highest BCUT2D eigenvalue weighted by molar-refractivity contribution is 6.46. The zero-order chi connectivity index (χ0) is 24.2. The van der Waals surface area contributed by atoms with Crippen LogP contribution in [0, 0.1) is 0 Å². The van der Waals surface area contributed by atoms with Crippen molar-refractivity contribution >= 4 is 29.1 Å². The SMILES string of the molecule is CCOc1ccc(C2/C(=C(/O)c3ccc(Cl)c(OCC)c3)C(=O)C(=O)N2Cc2ccco2)cc1. The Morgan fingerprint density at radius 1 is 1.06 bits per heavy atom. The molecule has 7 nitrogen and oxygen atoms in total. The van der Waals surface area contributed by atoms with Crippen molar-refractivity contribution < 1.29 is 28.6 Å². The van der Waals surface area contributed by atoms with Crippen LogP contribution >= 0.6 is 11.6 Å². The topological polar surface area (TPSA) is 89.2 Å². The molecule has 1 unspecified atom stereocenters. The number of rotatable bonds is 8. The molecule has 2 heterocycles. The van der Waals surface area contributed by atoms with E-state index in [0.717, 1.165) is 0 Å². The van der Waals surface area contributed by atoms with Gasteiger partial charge in [0.15, 0.2) is 0 Å². The third kappa shape index (κ3) is 4.52. The predicted octanol–water partition coefficient (Wildman–Crippen LogP) is 5.35. The zero-order valence-electron chi connectivity index (χ0n) is 18.8. The lowest BCUT2D eigenvalue weighted by Gasteiger charge is -2.24. The lowest BCUT2D eigenvalue weighted by atomic mass is 9.95. The van der Waals surface area contributed by atoms with E-state index >= 15 is 0 Å². The summed E-state index contributed by atoms with van der Waals surface area (Å²) in [6, 6.07) is 14.4. The number of ether oxygens (including phenoxy) is 2. The van der Waals surface area contributed by atoms with Gasteiger partial charge in [0, 0.05) is 5.56 Å². The molecule has 0 radical (unpaired) electrons. The van der Waals surface area contributed by atoms with Gasteiger partial charge in [0.05, 0.1) is 42.7 Å². The monoisotopic (exact) mass is 481 g/mol.